The van der Waals surface area contributed by atoms with Gasteiger partial charge in [0.25, 0.3) is 0 Å². The second-order valence-corrected chi connectivity index (χ2v) is 2.72. The number of nitrogens with one attached hydrogen (secondary N) is 1. The van der Waals surface area contributed by atoms with E-state index < -0.39 is 12.0 Å². The van der Waals surface area contributed by atoms with Crippen molar-refractivity contribution in [2.75, 3.05) is 0 Å². The van der Waals surface area contributed by atoms with Crippen LogP contribution in [-0.2, 0) is 28.6 Å². The van der Waals surface area contributed by atoms with Crippen molar-refractivity contribution in [3.63, 3.8) is 0 Å². The Bertz CT molecular complexity index is 299. The van der Waals surface area contributed by atoms with Crippen molar-refractivity contribution in [1.82, 2.24) is 0 Å². The fraction of sp³-hybridized carbons (Fsp3) is 0.222. The molecule has 0 bridgehead atoms. The number of aliphatic carboxylic acids is 1. The topological polar surface area (TPSA) is 87.0 Å². The Kier molecular flexibility index (Phi) is 5.25. The smallest absolute Gasteiger partial charge is 0.872 e. The Morgan fingerprint density at radius 3 is 2.29 bits per heavy atom. The number of carbonyl (C=O) groups excluding carboxylic acids is 1. The molecule has 14 heavy (non-hydrogen) atoms. The second kappa shape index (κ2) is 5.66. The van der Waals surface area contributed by atoms with E-state index in [-0.39, 0.29) is 29.5 Å². The molecule has 0 fully saturated rings. The number of carbonyl (C=O) groups is 1. The van der Waals surface area contributed by atoms with Gasteiger partial charge in [-0.05, 0) is 12.0 Å². The minimum absolute atomic E-state index is 0. The minimum Gasteiger partial charge on any atom is -0.872 e. The molecule has 1 aromatic carbocycles. The monoisotopic (exact) mass is 230 g/mol. The molecule has 0 amide bonds. The van der Waals surface area contributed by atoms with Crippen molar-refractivity contribution in [3.8, 4) is 5.75 Å². The van der Waals surface area contributed by atoms with Gasteiger partial charge < -0.3 is 20.7 Å². The molecule has 4 nitrogen and oxygen atoms in total. The van der Waals surface area contributed by atoms with Crippen LogP contribution >= 0.6 is 0 Å². The van der Waals surface area contributed by atoms with Gasteiger partial charge in [-0.15, -0.1) is 5.75 Å². The summed E-state index contributed by atoms with van der Waals surface area (Å²) in [4.78, 5) is 10.2. The van der Waals surface area contributed by atoms with E-state index in [0.717, 1.165) is 0 Å². The quantitative estimate of drug-likeness (QED) is 0.699. The molecule has 1 aromatic rings. The van der Waals surface area contributed by atoms with Crippen LogP contribution in [0.5, 0.6) is 5.75 Å². The molecule has 0 aliphatic rings. The van der Waals surface area contributed by atoms with Gasteiger partial charge in [0.15, 0.2) is 0 Å². The maximum atomic E-state index is 10.7. The minimum atomic E-state index is -1.40. The molecular weight excluding hydrogens is 222 g/mol. The molecule has 1 atom stereocenters. The van der Waals surface area contributed by atoms with Gasteiger partial charge in [0.1, 0.15) is 0 Å². The molecule has 1 rings (SSSR count). The van der Waals surface area contributed by atoms with E-state index in [1.54, 1.807) is 0 Å². The predicted molar refractivity (Wildman–Crippen MR) is 42.7 cm³/mol. The van der Waals surface area contributed by atoms with Crippen molar-refractivity contribution in [2.45, 2.75) is 12.5 Å². The molecule has 1 radical (unpaired) electrons. The largest absolute Gasteiger partial charge is 3.00 e. The number of carboxylic acids is 1. The van der Waals surface area contributed by atoms with Gasteiger partial charge in [0, 0.05) is 5.97 Å². The van der Waals surface area contributed by atoms with Crippen LogP contribution in [-0.4, -0.2) is 12.0 Å². The first-order chi connectivity index (χ1) is 6.09. The van der Waals surface area contributed by atoms with Gasteiger partial charge in [0.2, 0.25) is 0 Å². The van der Waals surface area contributed by atoms with Crippen molar-refractivity contribution in [1.29, 1.82) is 0 Å². The zero-order valence-corrected chi connectivity index (χ0v) is 8.50. The van der Waals surface area contributed by atoms with E-state index in [1.807, 2.05) is 0 Å². The molecule has 0 saturated carbocycles. The van der Waals surface area contributed by atoms with E-state index >= 15 is 0 Å². The van der Waals surface area contributed by atoms with Crippen molar-refractivity contribution < 1.29 is 32.4 Å². The average Bonchev–Trinajstić information content (AvgIpc) is 2.08. The molecule has 1 N–H and O–H groups in total. The molecule has 0 aliphatic heterocycles. The maximum absolute atomic E-state index is 10.7. The number of hydrogen-bond acceptors (Lipinski definition) is 3. The fourth-order valence-corrected chi connectivity index (χ4v) is 0.945. The van der Waals surface area contributed by atoms with Gasteiger partial charge in [-0.3, -0.25) is 0 Å². The van der Waals surface area contributed by atoms with Crippen LogP contribution in [0.15, 0.2) is 24.3 Å². The fourth-order valence-electron chi connectivity index (χ4n) is 0.945. The predicted octanol–water partition coefficient (Wildman–Crippen LogP) is -0.529. The summed E-state index contributed by atoms with van der Waals surface area (Å²) in [6, 6.07) is 4.46. The van der Waals surface area contributed by atoms with Crippen LogP contribution in [0.4, 0.5) is 0 Å². The second-order valence-electron chi connectivity index (χ2n) is 2.72. The van der Waals surface area contributed by atoms with E-state index in [1.165, 1.54) is 24.3 Å². The Balaban J connectivity index is 0.00000169. The first-order valence-electron chi connectivity index (χ1n) is 3.77. The molecule has 0 aromatic heterocycles. The average molecular weight is 230 g/mol. The van der Waals surface area contributed by atoms with E-state index in [2.05, 4.69) is 0 Å². The summed E-state index contributed by atoms with van der Waals surface area (Å²) in [5.41, 5.74) is 7.73. The summed E-state index contributed by atoms with van der Waals surface area (Å²) in [7, 11) is 0. The van der Waals surface area contributed by atoms with Gasteiger partial charge in [-0.25, -0.2) is 0 Å². The molecule has 73 valence electrons. The van der Waals surface area contributed by atoms with Crippen LogP contribution in [0.1, 0.15) is 5.56 Å². The standard InChI is InChI=1S/C9H10NO3.Cr/c10-8(9(12)13)5-6-1-3-7(11)4-2-6;/h1-4,8,10-11H,5H2,(H,12,13);/q-1;+3/p-2/t8-;/m0./s1. The zero-order valence-electron chi connectivity index (χ0n) is 7.23. The van der Waals surface area contributed by atoms with Gasteiger partial charge >= 0.3 is 17.4 Å². The summed E-state index contributed by atoms with van der Waals surface area (Å²) in [5.74, 6) is -1.52. The van der Waals surface area contributed by atoms with Gasteiger partial charge in [0.05, 0.1) is 0 Å². The summed E-state index contributed by atoms with van der Waals surface area (Å²) in [6.45, 7) is 0. The van der Waals surface area contributed by atoms with E-state index in [4.69, 9.17) is 5.73 Å². The number of benzene rings is 1. The maximum Gasteiger partial charge on any atom is 3.00 e. The van der Waals surface area contributed by atoms with Crippen LogP contribution < -0.4 is 10.2 Å². The van der Waals surface area contributed by atoms with Gasteiger partial charge in [-0.2, -0.15) is 0 Å². The molecule has 5 heteroatoms. The summed E-state index contributed by atoms with van der Waals surface area (Å²) in [5, 5.41) is 20.9. The zero-order chi connectivity index (χ0) is 9.84. The Morgan fingerprint density at radius 2 is 1.86 bits per heavy atom. The molecular formula is C9H8CrNO3. The first-order valence-corrected chi connectivity index (χ1v) is 3.77. The Labute approximate surface area is 92.5 Å². The molecule has 0 saturated heterocycles. The number of rotatable bonds is 3. The first kappa shape index (κ1) is 13.0. The third-order valence-corrected chi connectivity index (χ3v) is 1.65. The molecule has 0 spiro atoms. The van der Waals surface area contributed by atoms with Crippen LogP contribution in [0.2, 0.25) is 0 Å². The van der Waals surface area contributed by atoms with Crippen LogP contribution in [0.3, 0.4) is 0 Å². The molecule has 0 unspecified atom stereocenters. The third kappa shape index (κ3) is 3.79. The number of carboxylic acid groups (broad SMARTS) is 1. The van der Waals surface area contributed by atoms with Crippen molar-refractivity contribution in [2.24, 2.45) is 0 Å². The third-order valence-electron chi connectivity index (χ3n) is 1.65. The van der Waals surface area contributed by atoms with E-state index in [0.29, 0.717) is 5.56 Å². The van der Waals surface area contributed by atoms with Crippen molar-refractivity contribution in [3.05, 3.63) is 35.6 Å². The Morgan fingerprint density at radius 1 is 1.36 bits per heavy atom. The SMILES string of the molecule is [Cr+3].[NH-][C@@H](Cc1ccc([O-])cc1)C(=O)[O-]. The summed E-state index contributed by atoms with van der Waals surface area (Å²) < 4.78 is 0. The van der Waals surface area contributed by atoms with Crippen molar-refractivity contribution >= 4 is 5.97 Å². The summed E-state index contributed by atoms with van der Waals surface area (Å²) >= 11 is 0. The van der Waals surface area contributed by atoms with Crippen LogP contribution in [0, 0.1) is 0 Å². The Hall–Kier alpha value is -1.02. The normalized spacial score (nSPS) is 11.5. The summed E-state index contributed by atoms with van der Waals surface area (Å²) in [6.07, 6.45) is 0.0720. The van der Waals surface area contributed by atoms with Crippen LogP contribution in [0.25, 0.3) is 5.73 Å². The molecule has 0 aliphatic carbocycles. The number of hydrogen-bond donors (Lipinski definition) is 0. The van der Waals surface area contributed by atoms with E-state index in [9.17, 15) is 15.0 Å². The molecule has 0 heterocycles. The van der Waals surface area contributed by atoms with Gasteiger partial charge in [-0.1, -0.05) is 30.3 Å².